The van der Waals surface area contributed by atoms with E-state index < -0.39 is 6.10 Å². The van der Waals surface area contributed by atoms with E-state index in [0.717, 1.165) is 12.8 Å². The minimum atomic E-state index is -0.634. The van der Waals surface area contributed by atoms with Gasteiger partial charge in [0.2, 0.25) is 0 Å². The van der Waals surface area contributed by atoms with Crippen molar-refractivity contribution in [3.8, 4) is 11.4 Å². The number of H-pyrrole nitrogens is 1. The second-order valence-corrected chi connectivity index (χ2v) is 4.14. The molecule has 2 aromatic rings. The number of nitrogens with one attached hydrogen (secondary N) is 1. The van der Waals surface area contributed by atoms with E-state index in [-0.39, 0.29) is 5.82 Å². The highest BCUT2D eigenvalue weighted by molar-refractivity contribution is 5.60. The van der Waals surface area contributed by atoms with Crippen molar-refractivity contribution in [2.45, 2.75) is 32.3 Å². The van der Waals surface area contributed by atoms with Gasteiger partial charge < -0.3 is 5.11 Å². The number of aliphatic hydroxyl groups excluding tert-OH is 1. The Bertz CT molecular complexity index is 501. The van der Waals surface area contributed by atoms with Gasteiger partial charge in [0.15, 0.2) is 5.82 Å². The molecule has 0 saturated heterocycles. The summed E-state index contributed by atoms with van der Waals surface area (Å²) in [6, 6.07) is 4.23. The molecule has 96 valence electrons. The van der Waals surface area contributed by atoms with Crippen LogP contribution in [0.2, 0.25) is 0 Å². The van der Waals surface area contributed by atoms with E-state index in [1.165, 1.54) is 12.1 Å². The predicted octanol–water partition coefficient (Wildman–Crippen LogP) is 2.23. The standard InChI is InChI=1S/C12H15FN4O/c1-2-3-4-11(18)9-6-5-8(13)7-10(9)12-14-16-17-15-12/h5-7,11,18H,2-4H2,1H3,(H,14,15,16,17). The van der Waals surface area contributed by atoms with Crippen molar-refractivity contribution in [2.24, 2.45) is 0 Å². The summed E-state index contributed by atoms with van der Waals surface area (Å²) >= 11 is 0. The Kier molecular flexibility index (Phi) is 3.99. The molecule has 1 aromatic carbocycles. The van der Waals surface area contributed by atoms with Crippen LogP contribution in [0.4, 0.5) is 4.39 Å². The van der Waals surface area contributed by atoms with Gasteiger partial charge in [0.25, 0.3) is 0 Å². The van der Waals surface area contributed by atoms with Gasteiger partial charge in [-0.05, 0) is 34.5 Å². The zero-order chi connectivity index (χ0) is 13.0. The van der Waals surface area contributed by atoms with Crippen molar-refractivity contribution in [1.82, 2.24) is 20.6 Å². The molecule has 1 unspecified atom stereocenters. The zero-order valence-corrected chi connectivity index (χ0v) is 10.1. The number of aromatic nitrogens is 4. The SMILES string of the molecule is CCCCC(O)c1ccc(F)cc1-c1nnn[nH]1. The van der Waals surface area contributed by atoms with Crippen molar-refractivity contribution in [3.05, 3.63) is 29.6 Å². The molecule has 0 spiro atoms. The topological polar surface area (TPSA) is 74.7 Å². The number of nitrogens with zero attached hydrogens (tertiary/aromatic N) is 3. The first-order valence-electron chi connectivity index (χ1n) is 5.94. The van der Waals surface area contributed by atoms with Crippen LogP contribution in [0.5, 0.6) is 0 Å². The van der Waals surface area contributed by atoms with Crippen LogP contribution in [0, 0.1) is 5.82 Å². The maximum atomic E-state index is 13.3. The first-order chi connectivity index (χ1) is 8.72. The van der Waals surface area contributed by atoms with Crippen molar-refractivity contribution < 1.29 is 9.50 Å². The largest absolute Gasteiger partial charge is 0.388 e. The summed E-state index contributed by atoms with van der Waals surface area (Å²) in [7, 11) is 0. The Hall–Kier alpha value is -1.82. The number of rotatable bonds is 5. The van der Waals surface area contributed by atoms with Crippen LogP contribution in [-0.2, 0) is 0 Å². The van der Waals surface area contributed by atoms with Crippen molar-refractivity contribution >= 4 is 0 Å². The molecule has 0 amide bonds. The number of aliphatic hydroxyl groups is 1. The van der Waals surface area contributed by atoms with Crippen LogP contribution in [0.3, 0.4) is 0 Å². The minimum absolute atomic E-state index is 0.361. The monoisotopic (exact) mass is 250 g/mol. The molecule has 2 rings (SSSR count). The maximum Gasteiger partial charge on any atom is 0.179 e. The zero-order valence-electron chi connectivity index (χ0n) is 10.1. The summed E-state index contributed by atoms with van der Waals surface area (Å²) < 4.78 is 13.3. The van der Waals surface area contributed by atoms with E-state index in [2.05, 4.69) is 27.5 Å². The maximum absolute atomic E-state index is 13.3. The van der Waals surface area contributed by atoms with Crippen LogP contribution in [0.25, 0.3) is 11.4 Å². The highest BCUT2D eigenvalue weighted by atomic mass is 19.1. The van der Waals surface area contributed by atoms with Gasteiger partial charge in [-0.2, -0.15) is 0 Å². The van der Waals surface area contributed by atoms with E-state index in [1.54, 1.807) is 6.07 Å². The summed E-state index contributed by atoms with van der Waals surface area (Å²) in [6.45, 7) is 2.05. The lowest BCUT2D eigenvalue weighted by molar-refractivity contribution is 0.164. The lowest BCUT2D eigenvalue weighted by atomic mass is 9.98. The summed E-state index contributed by atoms with van der Waals surface area (Å²) in [6.07, 6.45) is 1.91. The predicted molar refractivity (Wildman–Crippen MR) is 64.1 cm³/mol. The van der Waals surface area contributed by atoms with E-state index in [4.69, 9.17) is 0 Å². The Morgan fingerprint density at radius 1 is 1.44 bits per heavy atom. The van der Waals surface area contributed by atoms with Gasteiger partial charge in [-0.3, -0.25) is 0 Å². The van der Waals surface area contributed by atoms with Gasteiger partial charge in [-0.15, -0.1) is 5.10 Å². The molecule has 0 radical (unpaired) electrons. The Morgan fingerprint density at radius 3 is 2.94 bits per heavy atom. The summed E-state index contributed by atoms with van der Waals surface area (Å²) in [5.74, 6) is -0.0205. The number of aromatic amines is 1. The van der Waals surface area contributed by atoms with E-state index in [0.29, 0.717) is 23.4 Å². The molecule has 5 nitrogen and oxygen atoms in total. The molecule has 0 aliphatic carbocycles. The molecule has 0 aliphatic heterocycles. The highest BCUT2D eigenvalue weighted by Crippen LogP contribution is 2.29. The van der Waals surface area contributed by atoms with Gasteiger partial charge in [-0.1, -0.05) is 25.8 Å². The number of hydrogen-bond acceptors (Lipinski definition) is 4. The van der Waals surface area contributed by atoms with Crippen molar-refractivity contribution in [2.75, 3.05) is 0 Å². The molecule has 0 fully saturated rings. The Balaban J connectivity index is 2.35. The van der Waals surface area contributed by atoms with Gasteiger partial charge >= 0.3 is 0 Å². The minimum Gasteiger partial charge on any atom is -0.388 e. The summed E-state index contributed by atoms with van der Waals surface area (Å²) in [5, 5.41) is 23.4. The fourth-order valence-corrected chi connectivity index (χ4v) is 1.85. The van der Waals surface area contributed by atoms with Gasteiger partial charge in [0.1, 0.15) is 5.82 Å². The van der Waals surface area contributed by atoms with Crippen LogP contribution in [0.15, 0.2) is 18.2 Å². The van der Waals surface area contributed by atoms with Gasteiger partial charge in [0.05, 0.1) is 6.10 Å². The lowest BCUT2D eigenvalue weighted by Gasteiger charge is -2.13. The van der Waals surface area contributed by atoms with Crippen molar-refractivity contribution in [1.29, 1.82) is 0 Å². The molecule has 6 heteroatoms. The summed E-state index contributed by atoms with van der Waals surface area (Å²) in [4.78, 5) is 0. The fraction of sp³-hybridized carbons (Fsp3) is 0.417. The number of hydrogen-bond donors (Lipinski definition) is 2. The first kappa shape index (κ1) is 12.6. The third-order valence-corrected chi connectivity index (χ3v) is 2.81. The average molecular weight is 250 g/mol. The second-order valence-electron chi connectivity index (χ2n) is 4.14. The van der Waals surface area contributed by atoms with E-state index in [9.17, 15) is 9.50 Å². The Morgan fingerprint density at radius 2 is 2.28 bits per heavy atom. The average Bonchev–Trinajstić information content (AvgIpc) is 2.89. The van der Waals surface area contributed by atoms with Crippen LogP contribution < -0.4 is 0 Å². The molecular formula is C12H15FN4O. The smallest absolute Gasteiger partial charge is 0.179 e. The van der Waals surface area contributed by atoms with E-state index in [1.807, 2.05) is 0 Å². The first-order valence-corrected chi connectivity index (χ1v) is 5.94. The number of tetrazole rings is 1. The Labute approximate surface area is 104 Å². The van der Waals surface area contributed by atoms with Crippen LogP contribution in [-0.4, -0.2) is 25.7 Å². The molecule has 0 saturated carbocycles. The second kappa shape index (κ2) is 5.68. The fourth-order valence-electron chi connectivity index (χ4n) is 1.85. The number of benzene rings is 1. The number of unbranched alkanes of at least 4 members (excludes halogenated alkanes) is 1. The third kappa shape index (κ3) is 2.70. The third-order valence-electron chi connectivity index (χ3n) is 2.81. The van der Waals surface area contributed by atoms with Gasteiger partial charge in [0, 0.05) is 5.56 Å². The molecular weight excluding hydrogens is 235 g/mol. The van der Waals surface area contributed by atoms with E-state index >= 15 is 0 Å². The molecule has 0 bridgehead atoms. The lowest BCUT2D eigenvalue weighted by Crippen LogP contribution is -2.01. The molecule has 1 atom stereocenters. The van der Waals surface area contributed by atoms with Crippen LogP contribution >= 0.6 is 0 Å². The molecule has 1 heterocycles. The highest BCUT2D eigenvalue weighted by Gasteiger charge is 2.16. The molecule has 1 aromatic heterocycles. The quantitative estimate of drug-likeness (QED) is 0.853. The molecule has 2 N–H and O–H groups in total. The normalized spacial score (nSPS) is 12.6. The van der Waals surface area contributed by atoms with Crippen LogP contribution in [0.1, 0.15) is 37.9 Å². The van der Waals surface area contributed by atoms with Crippen molar-refractivity contribution in [3.63, 3.8) is 0 Å². The van der Waals surface area contributed by atoms with Gasteiger partial charge in [-0.25, -0.2) is 9.49 Å². The molecule has 0 aliphatic rings. The molecule has 18 heavy (non-hydrogen) atoms. The summed E-state index contributed by atoms with van der Waals surface area (Å²) in [5.41, 5.74) is 1.15. The number of halogens is 1.